The van der Waals surface area contributed by atoms with Crippen LogP contribution in [0.4, 0.5) is 11.5 Å². The van der Waals surface area contributed by atoms with Gasteiger partial charge >= 0.3 is 5.97 Å². The summed E-state index contributed by atoms with van der Waals surface area (Å²) in [5.41, 5.74) is 2.86. The van der Waals surface area contributed by atoms with E-state index >= 15 is 0 Å². The number of benzene rings is 2. The molecule has 0 spiro atoms. The molecule has 2 heterocycles. The zero-order chi connectivity index (χ0) is 19.0. The number of halogens is 1. The molecular formula is C19H16ClLiN3O4. The maximum absolute atomic E-state index is 10.8. The summed E-state index contributed by atoms with van der Waals surface area (Å²) in [5, 5.41) is 10.3. The van der Waals surface area contributed by atoms with E-state index in [0.29, 0.717) is 22.0 Å². The van der Waals surface area contributed by atoms with Gasteiger partial charge in [-0.3, -0.25) is 0 Å². The van der Waals surface area contributed by atoms with Gasteiger partial charge in [-0.1, -0.05) is 17.7 Å². The summed E-state index contributed by atoms with van der Waals surface area (Å²) >= 11 is 6.18. The van der Waals surface area contributed by atoms with E-state index in [1.54, 1.807) is 12.1 Å². The van der Waals surface area contributed by atoms with Crippen molar-refractivity contribution >= 4 is 58.8 Å². The third-order valence-corrected chi connectivity index (χ3v) is 4.68. The number of carboxylic acid groups (broad SMARTS) is 1. The van der Waals surface area contributed by atoms with Gasteiger partial charge in [0.05, 0.1) is 12.6 Å². The summed E-state index contributed by atoms with van der Waals surface area (Å²) in [6, 6.07) is 9.28. The van der Waals surface area contributed by atoms with Gasteiger partial charge in [-0.05, 0) is 30.2 Å². The Hall–Kier alpha value is -2.46. The van der Waals surface area contributed by atoms with Crippen LogP contribution in [0.15, 0.2) is 36.7 Å². The fraction of sp³-hybridized carbons (Fsp3) is 0.211. The first-order valence-corrected chi connectivity index (χ1v) is 8.68. The minimum atomic E-state index is -1.06. The van der Waals surface area contributed by atoms with Crippen molar-refractivity contribution in [3.63, 3.8) is 0 Å². The average molecular weight is 393 g/mol. The number of aliphatic carboxylic acids is 1. The molecule has 139 valence electrons. The standard InChI is InChI=1S/C19H16ClN3O4.Li/c1-26-16-7-13-14(8-17(16)27-9-18(24)25)21-10-22-19(13)23-5-4-11-2-3-12(20)6-15(11)23;/h2-3,6-8,10H,4-5,9H2,1H3,(H,24,25);. The van der Waals surface area contributed by atoms with E-state index in [-0.39, 0.29) is 18.9 Å². The molecule has 0 unspecified atom stereocenters. The quantitative estimate of drug-likeness (QED) is 0.668. The molecule has 3 aromatic rings. The molecule has 9 heteroatoms. The first kappa shape index (κ1) is 20.3. The molecule has 28 heavy (non-hydrogen) atoms. The predicted octanol–water partition coefficient (Wildman–Crippen LogP) is 3.07. The van der Waals surface area contributed by atoms with Crippen molar-refractivity contribution in [2.24, 2.45) is 0 Å². The van der Waals surface area contributed by atoms with E-state index in [1.807, 2.05) is 18.2 Å². The van der Waals surface area contributed by atoms with Crippen LogP contribution in [0.5, 0.6) is 11.5 Å². The van der Waals surface area contributed by atoms with E-state index in [0.717, 1.165) is 29.9 Å². The molecule has 4 rings (SSSR count). The summed E-state index contributed by atoms with van der Waals surface area (Å²) in [7, 11) is 1.50. The molecule has 1 radical (unpaired) electrons. The summed E-state index contributed by atoms with van der Waals surface area (Å²) in [6.07, 6.45) is 2.38. The van der Waals surface area contributed by atoms with Crippen LogP contribution in [-0.4, -0.2) is 60.2 Å². The van der Waals surface area contributed by atoms with Crippen LogP contribution in [0.25, 0.3) is 10.9 Å². The molecule has 0 aliphatic carbocycles. The number of hydrogen-bond acceptors (Lipinski definition) is 6. The van der Waals surface area contributed by atoms with Gasteiger partial charge in [0.1, 0.15) is 12.1 Å². The fourth-order valence-electron chi connectivity index (χ4n) is 3.25. The van der Waals surface area contributed by atoms with E-state index in [2.05, 4.69) is 14.9 Å². The van der Waals surface area contributed by atoms with Crippen LogP contribution in [0.2, 0.25) is 5.02 Å². The van der Waals surface area contributed by atoms with E-state index in [1.165, 1.54) is 19.0 Å². The minimum Gasteiger partial charge on any atom is -0.493 e. The Morgan fingerprint density at radius 1 is 1.25 bits per heavy atom. The topological polar surface area (TPSA) is 84.8 Å². The first-order chi connectivity index (χ1) is 13.1. The number of nitrogens with zero attached hydrogens (tertiary/aromatic N) is 3. The Kier molecular flexibility index (Phi) is 5.99. The predicted molar refractivity (Wildman–Crippen MR) is 107 cm³/mol. The van der Waals surface area contributed by atoms with Crippen molar-refractivity contribution in [1.82, 2.24) is 9.97 Å². The second kappa shape index (κ2) is 8.27. The number of hydrogen-bond donors (Lipinski definition) is 1. The Morgan fingerprint density at radius 2 is 2.07 bits per heavy atom. The molecule has 7 nitrogen and oxygen atoms in total. The number of fused-ring (bicyclic) bond motifs is 2. The van der Waals surface area contributed by atoms with Gasteiger partial charge in [0.25, 0.3) is 0 Å². The molecule has 0 amide bonds. The smallest absolute Gasteiger partial charge is 0.341 e. The molecule has 2 aromatic carbocycles. The summed E-state index contributed by atoms with van der Waals surface area (Å²) in [4.78, 5) is 21.7. The fourth-order valence-corrected chi connectivity index (χ4v) is 3.42. The van der Waals surface area contributed by atoms with Crippen molar-refractivity contribution in [3.05, 3.63) is 47.2 Å². The third-order valence-electron chi connectivity index (χ3n) is 4.45. The SMILES string of the molecule is COc1cc2c(N3CCc4ccc(Cl)cc43)ncnc2cc1OCC(=O)O.[Li]. The normalized spacial score (nSPS) is 12.4. The third kappa shape index (κ3) is 3.74. The van der Waals surface area contributed by atoms with Crippen molar-refractivity contribution in [1.29, 1.82) is 0 Å². The number of rotatable bonds is 5. The number of methoxy groups -OCH3 is 1. The minimum absolute atomic E-state index is 0. The Labute approximate surface area is 178 Å². The molecule has 1 N–H and O–H groups in total. The van der Waals surface area contributed by atoms with Gasteiger partial charge in [0.2, 0.25) is 0 Å². The second-order valence-corrected chi connectivity index (χ2v) is 6.51. The molecular weight excluding hydrogens is 377 g/mol. The number of ether oxygens (including phenoxy) is 2. The Bertz CT molecular complexity index is 1050. The first-order valence-electron chi connectivity index (χ1n) is 8.30. The Morgan fingerprint density at radius 3 is 2.82 bits per heavy atom. The van der Waals surface area contributed by atoms with Gasteiger partial charge in [0, 0.05) is 47.6 Å². The van der Waals surface area contributed by atoms with Crippen LogP contribution in [0.1, 0.15) is 5.56 Å². The zero-order valence-electron chi connectivity index (χ0n) is 15.5. The van der Waals surface area contributed by atoms with E-state index < -0.39 is 12.6 Å². The largest absolute Gasteiger partial charge is 0.493 e. The number of carboxylic acids is 1. The molecule has 0 fully saturated rings. The molecule has 0 saturated heterocycles. The number of carbonyl (C=O) groups is 1. The maximum atomic E-state index is 10.8. The monoisotopic (exact) mass is 392 g/mol. The van der Waals surface area contributed by atoms with Crippen LogP contribution in [-0.2, 0) is 11.2 Å². The summed E-state index contributed by atoms with van der Waals surface area (Å²) in [5.74, 6) is 0.419. The van der Waals surface area contributed by atoms with Gasteiger partial charge in [-0.15, -0.1) is 0 Å². The van der Waals surface area contributed by atoms with Crippen LogP contribution < -0.4 is 14.4 Å². The maximum Gasteiger partial charge on any atom is 0.341 e. The van der Waals surface area contributed by atoms with Crippen molar-refractivity contribution in [2.75, 3.05) is 25.2 Å². The van der Waals surface area contributed by atoms with Gasteiger partial charge in [0.15, 0.2) is 18.1 Å². The van der Waals surface area contributed by atoms with E-state index in [9.17, 15) is 4.79 Å². The van der Waals surface area contributed by atoms with Crippen molar-refractivity contribution in [3.8, 4) is 11.5 Å². The van der Waals surface area contributed by atoms with Crippen molar-refractivity contribution in [2.45, 2.75) is 6.42 Å². The molecule has 0 atom stereocenters. The summed E-state index contributed by atoms with van der Waals surface area (Å²) < 4.78 is 10.7. The van der Waals surface area contributed by atoms with Crippen LogP contribution >= 0.6 is 11.6 Å². The Balaban J connectivity index is 0.00000225. The molecule has 1 aliphatic heterocycles. The molecule has 1 aliphatic rings. The average Bonchev–Trinajstić information content (AvgIpc) is 3.07. The van der Waals surface area contributed by atoms with Crippen LogP contribution in [0, 0.1) is 0 Å². The van der Waals surface area contributed by atoms with Gasteiger partial charge in [-0.25, -0.2) is 14.8 Å². The van der Waals surface area contributed by atoms with E-state index in [4.69, 9.17) is 26.2 Å². The van der Waals surface area contributed by atoms with Gasteiger partial charge in [-0.2, -0.15) is 0 Å². The van der Waals surface area contributed by atoms with Crippen LogP contribution in [0.3, 0.4) is 0 Å². The number of aromatic nitrogens is 2. The molecule has 0 bridgehead atoms. The zero-order valence-corrected chi connectivity index (χ0v) is 16.2. The van der Waals surface area contributed by atoms with Gasteiger partial charge < -0.3 is 19.5 Å². The second-order valence-electron chi connectivity index (χ2n) is 6.07. The van der Waals surface area contributed by atoms with Crippen molar-refractivity contribution < 1.29 is 19.4 Å². The summed E-state index contributed by atoms with van der Waals surface area (Å²) in [6.45, 7) is 0.319. The molecule has 1 aromatic heterocycles. The molecule has 0 saturated carbocycles. The number of anilines is 2.